The highest BCUT2D eigenvalue weighted by Crippen LogP contribution is 2.21. The lowest BCUT2D eigenvalue weighted by molar-refractivity contribution is 0.00755. The normalized spacial score (nSPS) is 24.3. The zero-order valence-electron chi connectivity index (χ0n) is 11.3. The lowest BCUT2D eigenvalue weighted by Crippen LogP contribution is -2.35. The Balaban J connectivity index is 1.68. The number of ether oxygens (including phenoxy) is 1. The Labute approximate surface area is 108 Å². The first-order valence-corrected chi connectivity index (χ1v) is 6.98. The van der Waals surface area contributed by atoms with E-state index in [0.717, 1.165) is 25.8 Å². The third kappa shape index (κ3) is 3.78. The summed E-state index contributed by atoms with van der Waals surface area (Å²) in [5, 5.41) is 7.39. The van der Waals surface area contributed by atoms with Crippen molar-refractivity contribution in [3.05, 3.63) is 11.7 Å². The first-order valence-electron chi connectivity index (χ1n) is 6.98. The van der Waals surface area contributed by atoms with Crippen molar-refractivity contribution in [3.8, 4) is 0 Å². The maximum Gasteiger partial charge on any atom is 0.226 e. The Kier molecular flexibility index (Phi) is 5.13. The predicted molar refractivity (Wildman–Crippen MR) is 68.2 cm³/mol. The summed E-state index contributed by atoms with van der Waals surface area (Å²) in [6.07, 6.45) is 5.77. The number of rotatable bonds is 6. The number of nitrogens with one attached hydrogen (secondary N) is 1. The lowest BCUT2D eigenvalue weighted by Gasteiger charge is -2.28. The molecule has 0 bridgehead atoms. The first kappa shape index (κ1) is 13.5. The molecular weight excluding hydrogens is 230 g/mol. The van der Waals surface area contributed by atoms with Gasteiger partial charge >= 0.3 is 0 Å². The second-order valence-corrected chi connectivity index (χ2v) is 4.80. The summed E-state index contributed by atoms with van der Waals surface area (Å²) in [6, 6.07) is 0.673. The molecule has 0 spiro atoms. The molecule has 5 heteroatoms. The van der Waals surface area contributed by atoms with Gasteiger partial charge in [0.1, 0.15) is 6.61 Å². The molecule has 1 aliphatic rings. The molecule has 0 amide bonds. The molecule has 0 saturated heterocycles. The number of hydrogen-bond acceptors (Lipinski definition) is 5. The Morgan fingerprint density at radius 1 is 1.28 bits per heavy atom. The molecule has 5 nitrogen and oxygen atoms in total. The van der Waals surface area contributed by atoms with Gasteiger partial charge in [-0.2, -0.15) is 4.98 Å². The van der Waals surface area contributed by atoms with E-state index in [0.29, 0.717) is 30.5 Å². The maximum absolute atomic E-state index is 5.84. The summed E-state index contributed by atoms with van der Waals surface area (Å²) in [5.74, 6) is 1.35. The van der Waals surface area contributed by atoms with Crippen molar-refractivity contribution in [1.29, 1.82) is 0 Å². The largest absolute Gasteiger partial charge is 0.370 e. The van der Waals surface area contributed by atoms with Crippen LogP contribution in [0.5, 0.6) is 0 Å². The van der Waals surface area contributed by atoms with Gasteiger partial charge in [0, 0.05) is 12.5 Å². The summed E-state index contributed by atoms with van der Waals surface area (Å²) < 4.78 is 10.9. The fourth-order valence-corrected chi connectivity index (χ4v) is 2.41. The molecular formula is C13H23N3O2. The fourth-order valence-electron chi connectivity index (χ4n) is 2.41. The van der Waals surface area contributed by atoms with Crippen LogP contribution in [0.3, 0.4) is 0 Å². The van der Waals surface area contributed by atoms with Crippen LogP contribution >= 0.6 is 0 Å². The highest BCUT2D eigenvalue weighted by atomic mass is 16.5. The van der Waals surface area contributed by atoms with E-state index in [1.54, 1.807) is 0 Å². The smallest absolute Gasteiger partial charge is 0.226 e. The molecule has 1 aromatic rings. The van der Waals surface area contributed by atoms with Crippen molar-refractivity contribution in [2.75, 3.05) is 6.54 Å². The molecule has 1 aliphatic carbocycles. The number of nitrogens with zero attached hydrogens (tertiary/aromatic N) is 2. The van der Waals surface area contributed by atoms with E-state index in [1.807, 2.05) is 6.92 Å². The Morgan fingerprint density at radius 2 is 2.06 bits per heavy atom. The number of aryl methyl sites for hydroxylation is 1. The summed E-state index contributed by atoms with van der Waals surface area (Å²) in [7, 11) is 0. The van der Waals surface area contributed by atoms with Crippen LogP contribution in [0.4, 0.5) is 0 Å². The summed E-state index contributed by atoms with van der Waals surface area (Å²) in [4.78, 5) is 4.24. The van der Waals surface area contributed by atoms with E-state index in [-0.39, 0.29) is 0 Å². The topological polar surface area (TPSA) is 60.2 Å². The molecule has 0 aromatic carbocycles. The van der Waals surface area contributed by atoms with E-state index in [4.69, 9.17) is 9.26 Å². The second kappa shape index (κ2) is 6.85. The van der Waals surface area contributed by atoms with E-state index >= 15 is 0 Å². The minimum atomic E-state index is 0.350. The third-order valence-corrected chi connectivity index (χ3v) is 3.43. The van der Waals surface area contributed by atoms with Crippen molar-refractivity contribution in [2.24, 2.45) is 0 Å². The van der Waals surface area contributed by atoms with Crippen LogP contribution in [0.25, 0.3) is 0 Å². The second-order valence-electron chi connectivity index (χ2n) is 4.80. The van der Waals surface area contributed by atoms with Crippen LogP contribution in [0, 0.1) is 0 Å². The third-order valence-electron chi connectivity index (χ3n) is 3.43. The van der Waals surface area contributed by atoms with Crippen LogP contribution in [0.15, 0.2) is 4.52 Å². The number of aromatic nitrogens is 2. The van der Waals surface area contributed by atoms with E-state index < -0.39 is 0 Å². The molecule has 1 aromatic heterocycles. The van der Waals surface area contributed by atoms with Gasteiger partial charge in [0.15, 0.2) is 5.82 Å². The van der Waals surface area contributed by atoms with Crippen LogP contribution in [-0.2, 0) is 17.8 Å². The van der Waals surface area contributed by atoms with Gasteiger partial charge in [-0.1, -0.05) is 19.0 Å². The monoisotopic (exact) mass is 253 g/mol. The fraction of sp³-hybridized carbons (Fsp3) is 0.846. The molecule has 0 unspecified atom stereocenters. The summed E-state index contributed by atoms with van der Waals surface area (Å²) in [6.45, 7) is 5.68. The zero-order valence-corrected chi connectivity index (χ0v) is 11.3. The molecule has 0 radical (unpaired) electrons. The first-order chi connectivity index (χ1) is 8.81. The van der Waals surface area contributed by atoms with Crippen molar-refractivity contribution in [2.45, 2.75) is 64.7 Å². The van der Waals surface area contributed by atoms with Crippen LogP contribution in [0.2, 0.25) is 0 Å². The molecule has 1 N–H and O–H groups in total. The Hall–Kier alpha value is -0.940. The van der Waals surface area contributed by atoms with Crippen molar-refractivity contribution < 1.29 is 9.26 Å². The van der Waals surface area contributed by atoms with Gasteiger partial charge in [0.05, 0.1) is 6.10 Å². The van der Waals surface area contributed by atoms with Gasteiger partial charge in [-0.05, 0) is 32.2 Å². The number of hydrogen-bond donors (Lipinski definition) is 1. The van der Waals surface area contributed by atoms with Gasteiger partial charge < -0.3 is 14.6 Å². The molecule has 0 atom stereocenters. The van der Waals surface area contributed by atoms with Crippen LogP contribution < -0.4 is 5.32 Å². The van der Waals surface area contributed by atoms with Crippen molar-refractivity contribution in [3.63, 3.8) is 0 Å². The van der Waals surface area contributed by atoms with Crippen molar-refractivity contribution in [1.82, 2.24) is 15.5 Å². The van der Waals surface area contributed by atoms with Gasteiger partial charge in [-0.15, -0.1) is 0 Å². The highest BCUT2D eigenvalue weighted by Gasteiger charge is 2.21. The molecule has 1 fully saturated rings. The minimum Gasteiger partial charge on any atom is -0.370 e. The zero-order chi connectivity index (χ0) is 12.8. The maximum atomic E-state index is 5.84. The van der Waals surface area contributed by atoms with Crippen molar-refractivity contribution >= 4 is 0 Å². The van der Waals surface area contributed by atoms with Crippen LogP contribution in [0.1, 0.15) is 51.2 Å². The standard InChI is InChI=1S/C13H23N3O2/c1-3-13-15-12(16-18-13)9-17-11-7-5-10(6-8-11)14-4-2/h10-11,14H,3-9H2,1-2H3. The van der Waals surface area contributed by atoms with Gasteiger partial charge in [-0.25, -0.2) is 0 Å². The van der Waals surface area contributed by atoms with Crippen LogP contribution in [-0.4, -0.2) is 28.8 Å². The molecule has 1 saturated carbocycles. The molecule has 1 heterocycles. The molecule has 102 valence electrons. The Bertz CT molecular complexity index is 346. The summed E-state index contributed by atoms with van der Waals surface area (Å²) in [5.41, 5.74) is 0. The molecule has 18 heavy (non-hydrogen) atoms. The summed E-state index contributed by atoms with van der Waals surface area (Å²) >= 11 is 0. The molecule has 2 rings (SSSR count). The lowest BCUT2D eigenvalue weighted by atomic mass is 9.93. The highest BCUT2D eigenvalue weighted by molar-refractivity contribution is 4.84. The van der Waals surface area contributed by atoms with E-state index in [2.05, 4.69) is 22.4 Å². The predicted octanol–water partition coefficient (Wildman–Crippen LogP) is 2.07. The molecule has 0 aliphatic heterocycles. The quantitative estimate of drug-likeness (QED) is 0.841. The Morgan fingerprint density at radius 3 is 2.67 bits per heavy atom. The average molecular weight is 253 g/mol. The minimum absolute atomic E-state index is 0.350. The van der Waals surface area contributed by atoms with Gasteiger partial charge in [-0.3, -0.25) is 0 Å². The SMILES string of the molecule is CCNC1CCC(OCc2noc(CC)n2)CC1. The van der Waals surface area contributed by atoms with E-state index in [1.165, 1.54) is 12.8 Å². The average Bonchev–Trinajstić information content (AvgIpc) is 2.86. The van der Waals surface area contributed by atoms with Gasteiger partial charge in [0.25, 0.3) is 0 Å². The van der Waals surface area contributed by atoms with E-state index in [9.17, 15) is 0 Å². The van der Waals surface area contributed by atoms with Gasteiger partial charge in [0.2, 0.25) is 5.89 Å².